The maximum Gasteiger partial charge on any atom is 0.308 e. The van der Waals surface area contributed by atoms with Crippen molar-refractivity contribution >= 4 is 5.97 Å². The molecule has 1 rings (SSSR count). The van der Waals surface area contributed by atoms with E-state index in [1.165, 1.54) is 6.92 Å². The van der Waals surface area contributed by atoms with Gasteiger partial charge in [-0.05, 0) is 24.1 Å². The minimum Gasteiger partial charge on any atom is -0.427 e. The van der Waals surface area contributed by atoms with Crippen LogP contribution in [0.25, 0.3) is 0 Å². The Labute approximate surface area is 78.4 Å². The smallest absolute Gasteiger partial charge is 0.308 e. The lowest BCUT2D eigenvalue weighted by atomic mass is 10.1. The van der Waals surface area contributed by atoms with Crippen LogP contribution in [0.2, 0.25) is 0 Å². The van der Waals surface area contributed by atoms with E-state index in [2.05, 4.69) is 0 Å². The van der Waals surface area contributed by atoms with Crippen LogP contribution in [0, 0.1) is 0 Å². The summed E-state index contributed by atoms with van der Waals surface area (Å²) in [5.41, 5.74) is 0.836. The van der Waals surface area contributed by atoms with Crippen molar-refractivity contribution in [1.82, 2.24) is 0 Å². The zero-order valence-electron chi connectivity index (χ0n) is 8.36. The van der Waals surface area contributed by atoms with E-state index in [0.29, 0.717) is 5.75 Å². The molecular weight excluding hydrogens is 168 g/mol. The number of esters is 1. The van der Waals surface area contributed by atoms with Crippen molar-refractivity contribution in [2.24, 2.45) is 0 Å². The third-order valence-electron chi connectivity index (χ3n) is 1.51. The molecule has 1 aromatic rings. The predicted molar refractivity (Wildman–Crippen MR) is 48.5 cm³/mol. The molecule has 0 unspecified atom stereocenters. The molecule has 0 bridgehead atoms. The second-order valence-corrected chi connectivity index (χ2v) is 2.62. The van der Waals surface area contributed by atoms with E-state index in [0.717, 1.165) is 5.56 Å². The molecule has 3 heteroatoms. The first kappa shape index (κ1) is 8.26. The van der Waals surface area contributed by atoms with E-state index in [-0.39, 0.29) is 12.4 Å². The third-order valence-corrected chi connectivity index (χ3v) is 1.51. The van der Waals surface area contributed by atoms with Crippen molar-refractivity contribution in [2.75, 3.05) is 6.58 Å². The molecule has 13 heavy (non-hydrogen) atoms. The first-order chi connectivity index (χ1) is 6.58. The number of aliphatic hydroxyl groups is 1. The topological polar surface area (TPSA) is 46.5 Å². The van der Waals surface area contributed by atoms with E-state index in [4.69, 9.17) is 11.2 Å². The summed E-state index contributed by atoms with van der Waals surface area (Å²) in [5.74, 6) is 0.110. The predicted octanol–water partition coefficient (Wildman–Crippen LogP) is 1.15. The fourth-order valence-corrected chi connectivity index (χ4v) is 0.965. The van der Waals surface area contributed by atoms with Crippen molar-refractivity contribution in [3.8, 4) is 5.75 Å². The van der Waals surface area contributed by atoms with Gasteiger partial charge >= 0.3 is 5.97 Å². The molecule has 1 aromatic carbocycles. The molecule has 0 aliphatic carbocycles. The zero-order valence-corrected chi connectivity index (χ0v) is 7.36. The Morgan fingerprint density at radius 3 is 2.62 bits per heavy atom. The van der Waals surface area contributed by atoms with Crippen molar-refractivity contribution in [1.29, 1.82) is 0 Å². The van der Waals surface area contributed by atoms with Crippen LogP contribution >= 0.6 is 0 Å². The molecule has 0 fully saturated rings. The van der Waals surface area contributed by atoms with Gasteiger partial charge in [0.15, 0.2) is 0 Å². The van der Waals surface area contributed by atoms with Gasteiger partial charge in [0.05, 0.1) is 1.37 Å². The van der Waals surface area contributed by atoms with Crippen LogP contribution < -0.4 is 4.74 Å². The lowest BCUT2D eigenvalue weighted by Gasteiger charge is -2.02. The molecule has 70 valence electrons. The molecular formula is C10H12O3. The third kappa shape index (κ3) is 3.25. The Kier molecular flexibility index (Phi) is 2.94. The molecule has 3 nitrogen and oxygen atoms in total. The van der Waals surface area contributed by atoms with Gasteiger partial charge in [0.25, 0.3) is 0 Å². The average Bonchev–Trinajstić information content (AvgIpc) is 2.06. The van der Waals surface area contributed by atoms with E-state index >= 15 is 0 Å². The Bertz CT molecular complexity index is 306. The highest BCUT2D eigenvalue weighted by atomic mass is 16.5. The lowest BCUT2D eigenvalue weighted by Crippen LogP contribution is -2.01. The Morgan fingerprint density at radius 1 is 1.54 bits per heavy atom. The van der Waals surface area contributed by atoms with Gasteiger partial charge in [0.2, 0.25) is 0 Å². The fraction of sp³-hybridized carbons (Fsp3) is 0.300. The molecule has 0 aromatic heterocycles. The zero-order chi connectivity index (χ0) is 10.6. The molecule has 0 aliphatic heterocycles. The number of ether oxygens (including phenoxy) is 1. The number of benzene rings is 1. The van der Waals surface area contributed by atoms with Gasteiger partial charge in [0, 0.05) is 13.5 Å². The summed E-state index contributed by atoms with van der Waals surface area (Å²) >= 11 is 0. The van der Waals surface area contributed by atoms with Crippen LogP contribution in [-0.4, -0.2) is 17.7 Å². The Hall–Kier alpha value is -1.35. The number of hydrogen-bond acceptors (Lipinski definition) is 3. The van der Waals surface area contributed by atoms with Gasteiger partial charge in [0.1, 0.15) is 5.75 Å². The van der Waals surface area contributed by atoms with Crippen LogP contribution in [0.3, 0.4) is 0 Å². The molecule has 0 heterocycles. The standard InChI is InChI=1S/C10H12O3/c1-8(12)13-10-4-2-9(3-5-10)6-7-11/h2-5,11H,6-7H2,1H3/i7D/t7-/m0/s1. The monoisotopic (exact) mass is 181 g/mol. The quantitative estimate of drug-likeness (QED) is 0.562. The number of hydrogen-bond donors (Lipinski definition) is 1. The SMILES string of the molecule is [2H][C@H](O)Cc1ccc(OC(C)=O)cc1. The first-order valence-corrected chi connectivity index (χ1v) is 3.95. The van der Waals surface area contributed by atoms with Crippen molar-refractivity contribution in [3.63, 3.8) is 0 Å². The van der Waals surface area contributed by atoms with Crippen LogP contribution in [0.4, 0.5) is 0 Å². The van der Waals surface area contributed by atoms with E-state index in [1.54, 1.807) is 24.3 Å². The molecule has 1 N–H and O–H groups in total. The first-order valence-electron chi connectivity index (χ1n) is 4.53. The summed E-state index contributed by atoms with van der Waals surface area (Å²) in [5, 5.41) is 8.80. The van der Waals surface area contributed by atoms with E-state index < -0.39 is 6.58 Å². The van der Waals surface area contributed by atoms with Gasteiger partial charge in [-0.3, -0.25) is 4.79 Å². The minimum absolute atomic E-state index is 0.278. The number of carbonyl (C=O) groups is 1. The summed E-state index contributed by atoms with van der Waals surface area (Å²) in [6, 6.07) is 6.71. The number of rotatable bonds is 3. The summed E-state index contributed by atoms with van der Waals surface area (Å²) in [7, 11) is 0. The number of carbonyl (C=O) groups excluding carboxylic acids is 1. The van der Waals surface area contributed by atoms with Gasteiger partial charge in [-0.1, -0.05) is 12.1 Å². The molecule has 1 atom stereocenters. The second kappa shape index (κ2) is 4.62. The summed E-state index contributed by atoms with van der Waals surface area (Å²) in [6.45, 7) is 0.233. The maximum absolute atomic E-state index is 10.6. The summed E-state index contributed by atoms with van der Waals surface area (Å²) < 4.78 is 11.8. The maximum atomic E-state index is 10.6. The average molecular weight is 181 g/mol. The summed E-state index contributed by atoms with van der Waals surface area (Å²) in [4.78, 5) is 10.6. The van der Waals surface area contributed by atoms with Crippen LogP contribution in [0.1, 0.15) is 13.9 Å². The Morgan fingerprint density at radius 2 is 2.15 bits per heavy atom. The van der Waals surface area contributed by atoms with Gasteiger partial charge in [-0.25, -0.2) is 0 Å². The minimum atomic E-state index is -1.10. The van der Waals surface area contributed by atoms with Crippen LogP contribution in [0.15, 0.2) is 24.3 Å². The number of aryl methyl sites for hydroxylation is 1. The van der Waals surface area contributed by atoms with Crippen molar-refractivity contribution < 1.29 is 16.0 Å². The lowest BCUT2D eigenvalue weighted by molar-refractivity contribution is -0.131. The molecule has 0 spiro atoms. The van der Waals surface area contributed by atoms with Gasteiger partial charge in [-0.15, -0.1) is 0 Å². The normalized spacial score (nSPS) is 13.2. The molecule has 0 saturated carbocycles. The van der Waals surface area contributed by atoms with E-state index in [9.17, 15) is 4.79 Å². The van der Waals surface area contributed by atoms with Crippen LogP contribution in [0.5, 0.6) is 5.75 Å². The van der Waals surface area contributed by atoms with Gasteiger partial charge in [-0.2, -0.15) is 0 Å². The molecule has 0 saturated heterocycles. The number of aliphatic hydroxyl groups excluding tert-OH is 1. The van der Waals surface area contributed by atoms with E-state index in [1.807, 2.05) is 0 Å². The van der Waals surface area contributed by atoms with Gasteiger partial charge < -0.3 is 9.84 Å². The Balaban J connectivity index is 2.63. The second-order valence-electron chi connectivity index (χ2n) is 2.62. The molecule has 0 radical (unpaired) electrons. The van der Waals surface area contributed by atoms with Crippen molar-refractivity contribution in [2.45, 2.75) is 13.3 Å². The highest BCUT2D eigenvalue weighted by Gasteiger charge is 1.97. The largest absolute Gasteiger partial charge is 0.427 e. The molecule has 0 aliphatic rings. The highest BCUT2D eigenvalue weighted by Crippen LogP contribution is 2.12. The molecule has 0 amide bonds. The summed E-state index contributed by atoms with van der Waals surface area (Å²) in [6.07, 6.45) is 0.278. The highest BCUT2D eigenvalue weighted by molar-refractivity contribution is 5.69. The van der Waals surface area contributed by atoms with Crippen molar-refractivity contribution in [3.05, 3.63) is 29.8 Å². The fourth-order valence-electron chi connectivity index (χ4n) is 0.965. The van der Waals surface area contributed by atoms with Crippen LogP contribution in [-0.2, 0) is 11.2 Å².